The van der Waals surface area contributed by atoms with E-state index in [1.165, 1.54) is 101 Å². The van der Waals surface area contributed by atoms with Crippen LogP contribution in [0.1, 0.15) is 242 Å². The van der Waals surface area contributed by atoms with Gasteiger partial charge in [-0.3, -0.25) is 19.2 Å². The van der Waals surface area contributed by atoms with Crippen molar-refractivity contribution in [1.29, 1.82) is 0 Å². The Morgan fingerprint density at radius 1 is 0.317 bits per heavy atom. The Labute approximate surface area is 493 Å². The Bertz CT molecular complexity index is 2290. The van der Waals surface area contributed by atoms with E-state index in [4.69, 9.17) is 28.4 Å². The molecule has 12 heteroatoms. The van der Waals surface area contributed by atoms with E-state index in [-0.39, 0.29) is 62.3 Å². The van der Waals surface area contributed by atoms with Crippen LogP contribution in [0.15, 0.2) is 97.1 Å². The topological polar surface area (TPSA) is 158 Å². The molecular weight excluding hydrogens is 1030 g/mol. The zero-order valence-corrected chi connectivity index (χ0v) is 50.1. The summed E-state index contributed by atoms with van der Waals surface area (Å²) in [5, 5.41) is 0. The maximum Gasteiger partial charge on any atom is 0.338 e. The Hall–Kier alpha value is -6.30. The van der Waals surface area contributed by atoms with Crippen LogP contribution in [-0.4, -0.2) is 49.0 Å². The molecule has 0 atom stereocenters. The smallest absolute Gasteiger partial charge is 0.338 e. The minimum atomic E-state index is -0.384. The van der Waals surface area contributed by atoms with Crippen molar-refractivity contribution in [2.24, 2.45) is 23.7 Å². The van der Waals surface area contributed by atoms with Gasteiger partial charge >= 0.3 is 35.8 Å². The van der Waals surface area contributed by atoms with Gasteiger partial charge in [-0.15, -0.1) is 0 Å². The molecule has 452 valence electrons. The van der Waals surface area contributed by atoms with Gasteiger partial charge in [-0.2, -0.15) is 0 Å². The fourth-order valence-electron chi connectivity index (χ4n) is 10.5. The molecule has 82 heavy (non-hydrogen) atoms. The van der Waals surface area contributed by atoms with Crippen LogP contribution in [-0.2, 0) is 41.5 Å². The summed E-state index contributed by atoms with van der Waals surface area (Å²) in [6, 6.07) is 28.6. The van der Waals surface area contributed by atoms with Crippen LogP contribution in [0.5, 0.6) is 23.0 Å². The Kier molecular flexibility index (Phi) is 31.8. The number of carbonyl (C=O) groups excluding carboxylic acids is 6. The number of esters is 6. The number of rotatable bonds is 34. The zero-order valence-electron chi connectivity index (χ0n) is 50.1. The van der Waals surface area contributed by atoms with Crippen LogP contribution in [0.2, 0.25) is 0 Å². The first-order valence-corrected chi connectivity index (χ1v) is 31.6. The lowest BCUT2D eigenvalue weighted by molar-refractivity contribution is -0.145. The summed E-state index contributed by atoms with van der Waals surface area (Å²) in [5.41, 5.74) is 3.41. The van der Waals surface area contributed by atoms with Gasteiger partial charge < -0.3 is 28.4 Å². The third-order valence-electron chi connectivity index (χ3n) is 15.8. The molecule has 2 saturated carbocycles. The predicted octanol–water partition coefficient (Wildman–Crippen LogP) is 17.8. The summed E-state index contributed by atoms with van der Waals surface area (Å²) in [7, 11) is 0. The van der Waals surface area contributed by atoms with Crippen molar-refractivity contribution in [3.05, 3.63) is 119 Å². The monoisotopic (exact) mass is 1130 g/mol. The van der Waals surface area contributed by atoms with Gasteiger partial charge in [0.25, 0.3) is 0 Å². The van der Waals surface area contributed by atoms with Crippen LogP contribution in [0.4, 0.5) is 0 Å². The first-order chi connectivity index (χ1) is 40.0. The van der Waals surface area contributed by atoms with Crippen molar-refractivity contribution in [3.63, 3.8) is 0 Å². The highest BCUT2D eigenvalue weighted by Gasteiger charge is 2.34. The van der Waals surface area contributed by atoms with Crippen molar-refractivity contribution in [2.45, 2.75) is 220 Å². The van der Waals surface area contributed by atoms with Gasteiger partial charge in [0.15, 0.2) is 0 Å². The van der Waals surface area contributed by atoms with Gasteiger partial charge in [0.1, 0.15) is 23.0 Å². The second kappa shape index (κ2) is 39.2. The Morgan fingerprint density at radius 3 is 0.805 bits per heavy atom. The Morgan fingerprint density at radius 2 is 0.549 bits per heavy atom. The van der Waals surface area contributed by atoms with Gasteiger partial charge in [-0.1, -0.05) is 155 Å². The fourth-order valence-corrected chi connectivity index (χ4v) is 10.5. The molecule has 0 unspecified atom stereocenters. The molecule has 0 bridgehead atoms. The number of benzene rings is 4. The van der Waals surface area contributed by atoms with Crippen molar-refractivity contribution in [3.8, 4) is 23.0 Å². The van der Waals surface area contributed by atoms with E-state index in [0.29, 0.717) is 98.7 Å². The summed E-state index contributed by atoms with van der Waals surface area (Å²) in [6.45, 7) is 9.58. The van der Waals surface area contributed by atoms with Crippen LogP contribution >= 0.6 is 0 Å². The summed E-state index contributed by atoms with van der Waals surface area (Å²) >= 11 is 0. The first-order valence-electron chi connectivity index (χ1n) is 31.6. The van der Waals surface area contributed by atoms with E-state index in [2.05, 4.69) is 52.0 Å². The average molecular weight is 1130 g/mol. The van der Waals surface area contributed by atoms with Crippen molar-refractivity contribution in [2.75, 3.05) is 13.2 Å². The van der Waals surface area contributed by atoms with Gasteiger partial charge in [0, 0.05) is 2.85 Å². The predicted molar refractivity (Wildman–Crippen MR) is 326 cm³/mol. The molecule has 2 fully saturated rings. The van der Waals surface area contributed by atoms with Gasteiger partial charge in [0.2, 0.25) is 0 Å². The van der Waals surface area contributed by atoms with Crippen molar-refractivity contribution < 1.29 is 60.0 Å². The molecule has 6 rings (SSSR count). The number of unbranched alkanes of at least 4 members (excludes halogenated alkanes) is 16. The molecule has 2 aliphatic carbocycles. The number of hydrogen-bond donors (Lipinski definition) is 0. The normalized spacial score (nSPS) is 16.6. The zero-order chi connectivity index (χ0) is 58.6. The highest BCUT2D eigenvalue weighted by atomic mass is 16.6. The first kappa shape index (κ1) is 66.5. The van der Waals surface area contributed by atoms with Gasteiger partial charge in [-0.05, 0) is 174 Å². The quantitative estimate of drug-likeness (QED) is 0.0248. The Balaban J connectivity index is 0.000000434. The molecule has 0 heterocycles. The molecule has 12 nitrogen and oxygen atoms in total. The second-order valence-corrected chi connectivity index (χ2v) is 22.5. The largest absolute Gasteiger partial charge is 0.462 e. The van der Waals surface area contributed by atoms with Gasteiger partial charge in [-0.25, -0.2) is 9.59 Å². The van der Waals surface area contributed by atoms with E-state index < -0.39 is 0 Å². The van der Waals surface area contributed by atoms with Crippen LogP contribution < -0.4 is 18.9 Å². The number of hydrogen-bond acceptors (Lipinski definition) is 12. The highest BCUT2D eigenvalue weighted by Crippen LogP contribution is 2.33. The molecule has 0 aromatic heterocycles. The molecule has 4 aromatic carbocycles. The fraction of sp³-hybridized carbons (Fsp3) is 0.571. The third-order valence-corrected chi connectivity index (χ3v) is 15.8. The summed E-state index contributed by atoms with van der Waals surface area (Å²) in [6.07, 6.45) is 30.4. The lowest BCUT2D eigenvalue weighted by Gasteiger charge is -2.25. The molecule has 0 aliphatic heterocycles. The summed E-state index contributed by atoms with van der Waals surface area (Å²) in [4.78, 5) is 75.4. The minimum Gasteiger partial charge on any atom is -0.462 e. The molecule has 0 radical (unpaired) electrons. The van der Waals surface area contributed by atoms with E-state index in [9.17, 15) is 28.8 Å². The number of aryl methyl sites for hydroxylation is 2. The average Bonchev–Trinajstić information content (AvgIpc) is 3.59. The van der Waals surface area contributed by atoms with Crippen LogP contribution in [0, 0.1) is 23.7 Å². The van der Waals surface area contributed by atoms with Crippen molar-refractivity contribution >= 4 is 35.8 Å². The molecule has 2 aliphatic rings. The maximum atomic E-state index is 12.7. The highest BCUT2D eigenvalue weighted by molar-refractivity contribution is 5.90. The maximum absolute atomic E-state index is 12.7. The van der Waals surface area contributed by atoms with Crippen molar-refractivity contribution in [1.82, 2.24) is 0 Å². The summed E-state index contributed by atoms with van der Waals surface area (Å²) < 4.78 is 33.1. The molecule has 0 N–H and O–H groups in total. The lowest BCUT2D eigenvalue weighted by Crippen LogP contribution is -2.30. The lowest BCUT2D eigenvalue weighted by atomic mass is 9.82. The SMILES string of the molecule is CCCCCCCOC(=O)c1ccc(OC(=O)C2CCC(C(=O)Oc3ccc(C(=O)OCCCCCCC)cc3)CC2)cc1.CCCCCCCc1ccc(OC(=O)C2CCC(C(=O)Oc3ccc(CCCCCCC)cc3)CC2)cc1.[HH].[HH]. The summed E-state index contributed by atoms with van der Waals surface area (Å²) in [5.74, 6) is -0.820. The van der Waals surface area contributed by atoms with Gasteiger partial charge in [0.05, 0.1) is 48.0 Å². The van der Waals surface area contributed by atoms with Crippen LogP contribution in [0.3, 0.4) is 0 Å². The molecule has 0 saturated heterocycles. The van der Waals surface area contributed by atoms with E-state index in [1.54, 1.807) is 48.5 Å². The number of carbonyl (C=O) groups is 6. The standard InChI is InChI=1S/C36H48O8.C34H48O4.2H2/c1-3-5-7-9-11-25-41-33(37)27-17-21-31(22-18-27)43-35(39)29-13-15-30(16-14-29)36(40)44-32-23-19-28(20-24-32)34(38)42-26-12-10-8-6-4-2;1-3-5-7-9-11-13-27-15-23-31(24-16-27)37-33(35)29-19-21-30(22-20-29)34(36)38-32-25-17-28(18-26-32)14-12-10-8-6-4-2;;/h17-24,29-30H,3-16,25-26H2,1-2H3;15-18,23-26,29-30H,3-14,19-22H2,1-2H3;2*1H. The minimum absolute atomic E-state index is 0. The van der Waals surface area contributed by atoms with E-state index in [1.807, 2.05) is 24.3 Å². The molecule has 0 amide bonds. The van der Waals surface area contributed by atoms with E-state index in [0.717, 1.165) is 51.4 Å². The molecular formula is C70H100O12. The van der Waals surface area contributed by atoms with Crippen LogP contribution in [0.25, 0.3) is 0 Å². The molecule has 0 spiro atoms. The van der Waals surface area contributed by atoms with E-state index >= 15 is 0 Å². The molecule has 4 aromatic rings. The second-order valence-electron chi connectivity index (χ2n) is 22.5. The number of ether oxygens (including phenoxy) is 6. The third kappa shape index (κ3) is 25.5.